The molecule has 0 bridgehead atoms. The molecule has 22 heavy (non-hydrogen) atoms. The van der Waals surface area contributed by atoms with Crippen LogP contribution < -0.4 is 40.4 Å². The van der Waals surface area contributed by atoms with Gasteiger partial charge in [-0.05, 0) is 19.3 Å². The van der Waals surface area contributed by atoms with Gasteiger partial charge in [0.05, 0.1) is 0 Å². The van der Waals surface area contributed by atoms with Crippen molar-refractivity contribution in [2.24, 2.45) is 5.73 Å². The fourth-order valence-electron chi connectivity index (χ4n) is 1.86. The van der Waals surface area contributed by atoms with Crippen molar-refractivity contribution in [1.29, 1.82) is 0 Å². The normalized spacial score (nSPS) is 11.4. The Morgan fingerprint density at radius 3 is 2.09 bits per heavy atom. The van der Waals surface area contributed by atoms with Gasteiger partial charge in [0.15, 0.2) is 0 Å². The third kappa shape index (κ3) is 14.5. The van der Waals surface area contributed by atoms with Crippen LogP contribution in [0.3, 0.4) is 0 Å². The van der Waals surface area contributed by atoms with Crippen molar-refractivity contribution in [2.75, 3.05) is 0 Å². The van der Waals surface area contributed by atoms with Crippen LogP contribution in [0.5, 0.6) is 0 Å². The minimum Gasteiger partial charge on any atom is -0.550 e. The molecular weight excluding hydrogens is 297 g/mol. The summed E-state index contributed by atoms with van der Waals surface area (Å²) in [7, 11) is 0. The van der Waals surface area contributed by atoms with E-state index in [1.165, 1.54) is 19.3 Å². The molecule has 0 unspecified atom stereocenters. The summed E-state index contributed by atoms with van der Waals surface area (Å²) in [5, 5.41) is 10.2. The Balaban J connectivity index is 0. The number of hydrogen-bond donors (Lipinski definition) is 1. The summed E-state index contributed by atoms with van der Waals surface area (Å²) >= 11 is 0. The van der Waals surface area contributed by atoms with Gasteiger partial charge in [-0.1, -0.05) is 45.4 Å². The van der Waals surface area contributed by atoms with Crippen molar-refractivity contribution < 1.29 is 53.8 Å². The molecule has 7 heteroatoms. The minimum absolute atomic E-state index is 0. The van der Waals surface area contributed by atoms with Gasteiger partial charge in [-0.2, -0.15) is 0 Å². The van der Waals surface area contributed by atoms with Crippen LogP contribution in [-0.4, -0.2) is 23.9 Å². The summed E-state index contributed by atoms with van der Waals surface area (Å²) in [6.45, 7) is 2.16. The third-order valence-corrected chi connectivity index (χ3v) is 3.16. The van der Waals surface area contributed by atoms with Crippen LogP contribution >= 0.6 is 0 Å². The van der Waals surface area contributed by atoms with Gasteiger partial charge >= 0.3 is 41.5 Å². The molecule has 0 aliphatic heterocycles. The zero-order valence-electron chi connectivity index (χ0n) is 13.8. The Kier molecular flexibility index (Phi) is 16.8. The number of aliphatic carboxylic acids is 1. The first kappa shape index (κ1) is 23.8. The molecule has 0 saturated carbocycles. The first-order valence-corrected chi connectivity index (χ1v) is 7.67. The largest absolute Gasteiger partial charge is 1.00 e. The molecule has 0 rings (SSSR count). The molecule has 0 heterocycles. The third-order valence-electron chi connectivity index (χ3n) is 3.16. The number of unbranched alkanes of at least 4 members (excludes halogenated alkanes) is 6. The minimum atomic E-state index is -1.28. The first-order valence-electron chi connectivity index (χ1n) is 7.67. The van der Waals surface area contributed by atoms with Gasteiger partial charge in [-0.15, -0.1) is 0 Å². The topological polar surface area (TPSA) is 110 Å². The van der Waals surface area contributed by atoms with E-state index in [1.54, 1.807) is 0 Å². The summed E-state index contributed by atoms with van der Waals surface area (Å²) in [6.07, 6.45) is 7.28. The van der Waals surface area contributed by atoms with Gasteiger partial charge in [0.25, 0.3) is 0 Å². The van der Waals surface area contributed by atoms with Gasteiger partial charge in [0.1, 0.15) is 6.04 Å². The van der Waals surface area contributed by atoms with E-state index < -0.39 is 23.9 Å². The number of carbonyl (C=O) groups is 3. The van der Waals surface area contributed by atoms with Crippen LogP contribution in [0, 0.1) is 0 Å². The maximum Gasteiger partial charge on any atom is 1.00 e. The molecule has 0 aromatic heterocycles. The van der Waals surface area contributed by atoms with Crippen LogP contribution in [0.15, 0.2) is 0 Å². The van der Waals surface area contributed by atoms with Gasteiger partial charge in [0.2, 0.25) is 0 Å². The summed E-state index contributed by atoms with van der Waals surface area (Å²) in [5.74, 6) is -2.76. The molecule has 0 aromatic rings. The van der Waals surface area contributed by atoms with Crippen LogP contribution in [0.1, 0.15) is 71.1 Å². The van der Waals surface area contributed by atoms with Crippen molar-refractivity contribution in [2.45, 2.75) is 77.2 Å². The first-order chi connectivity index (χ1) is 9.97. The Morgan fingerprint density at radius 2 is 1.55 bits per heavy atom. The second-order valence-corrected chi connectivity index (χ2v) is 5.18. The van der Waals surface area contributed by atoms with Gasteiger partial charge in [-0.25, -0.2) is 4.79 Å². The molecule has 0 aliphatic rings. The van der Waals surface area contributed by atoms with E-state index in [4.69, 9.17) is 5.73 Å². The number of carbonyl (C=O) groups excluding carboxylic acids is 3. The summed E-state index contributed by atoms with van der Waals surface area (Å²) in [5.41, 5.74) is 5.42. The number of esters is 2. The molecule has 0 fully saturated rings. The zero-order valence-corrected chi connectivity index (χ0v) is 15.8. The van der Waals surface area contributed by atoms with E-state index in [0.717, 1.165) is 19.3 Å². The van der Waals surface area contributed by atoms with E-state index in [0.29, 0.717) is 6.42 Å². The predicted octanol–water partition coefficient (Wildman–Crippen LogP) is -1.94. The number of carboxylic acid groups (broad SMARTS) is 1. The van der Waals surface area contributed by atoms with E-state index in [9.17, 15) is 19.5 Å². The number of carboxylic acids is 1. The number of ether oxygens (including phenoxy) is 1. The van der Waals surface area contributed by atoms with Crippen molar-refractivity contribution in [3.05, 3.63) is 0 Å². The van der Waals surface area contributed by atoms with Crippen LogP contribution in [0.2, 0.25) is 0 Å². The summed E-state index contributed by atoms with van der Waals surface area (Å²) < 4.78 is 4.57. The molecule has 0 spiro atoms. The Morgan fingerprint density at radius 1 is 1.00 bits per heavy atom. The van der Waals surface area contributed by atoms with Gasteiger partial charge < -0.3 is 20.4 Å². The molecule has 0 saturated heterocycles. The Bertz CT molecular complexity index is 336. The summed E-state index contributed by atoms with van der Waals surface area (Å²) in [6, 6.07) is -1.10. The van der Waals surface area contributed by atoms with Crippen molar-refractivity contribution in [1.82, 2.24) is 0 Å². The molecule has 0 aliphatic carbocycles. The molecule has 2 N–H and O–H groups in total. The van der Waals surface area contributed by atoms with Gasteiger partial charge in [-0.3, -0.25) is 4.79 Å². The van der Waals surface area contributed by atoms with Gasteiger partial charge in [0, 0.05) is 12.4 Å². The maximum absolute atomic E-state index is 11.4. The molecule has 1 atom stereocenters. The molecule has 6 nitrogen and oxygen atoms in total. The summed E-state index contributed by atoms with van der Waals surface area (Å²) in [4.78, 5) is 33.0. The number of nitrogens with two attached hydrogens (primary N) is 1. The fraction of sp³-hybridized carbons (Fsp3) is 0.800. The second-order valence-electron chi connectivity index (χ2n) is 5.18. The Hall–Kier alpha value is -0.430. The smallest absolute Gasteiger partial charge is 0.550 e. The predicted molar refractivity (Wildman–Crippen MR) is 75.9 cm³/mol. The van der Waals surface area contributed by atoms with Crippen LogP contribution in [0.4, 0.5) is 0 Å². The monoisotopic (exact) mass is 323 g/mol. The molecule has 122 valence electrons. The van der Waals surface area contributed by atoms with Crippen LogP contribution in [-0.2, 0) is 19.1 Å². The zero-order chi connectivity index (χ0) is 16.1. The van der Waals surface area contributed by atoms with Crippen molar-refractivity contribution in [3.63, 3.8) is 0 Å². The SMILES string of the molecule is CCCCCCCCCC(=O)OC(=O)[C@@H](N)CCC(=O)[O-].[Na+]. The maximum atomic E-state index is 11.4. The second kappa shape index (κ2) is 15.5. The average Bonchev–Trinajstić information content (AvgIpc) is 2.43. The number of rotatable bonds is 12. The van der Waals surface area contributed by atoms with E-state index >= 15 is 0 Å². The molecule has 0 aromatic carbocycles. The van der Waals surface area contributed by atoms with Crippen molar-refractivity contribution >= 4 is 17.9 Å². The van der Waals surface area contributed by atoms with Crippen molar-refractivity contribution in [3.8, 4) is 0 Å². The fourth-order valence-corrected chi connectivity index (χ4v) is 1.86. The van der Waals surface area contributed by atoms with E-state index in [2.05, 4.69) is 11.7 Å². The molecular formula is C15H26NNaO5. The quantitative estimate of drug-likeness (QED) is 0.194. The average molecular weight is 323 g/mol. The number of hydrogen-bond acceptors (Lipinski definition) is 6. The molecule has 0 radical (unpaired) electrons. The Labute approximate surface area is 154 Å². The molecule has 0 amide bonds. The van der Waals surface area contributed by atoms with Crippen LogP contribution in [0.25, 0.3) is 0 Å². The standard InChI is InChI=1S/C15H27NO5.Na/c1-2-3-4-5-6-7-8-9-14(19)21-15(20)12(16)10-11-13(17)18;/h12H,2-11,16H2,1H3,(H,17,18);/q;+1/p-1/t12-;/m0./s1. The van der Waals surface area contributed by atoms with E-state index in [-0.39, 0.29) is 48.8 Å². The van der Waals surface area contributed by atoms with E-state index in [1.807, 2.05) is 0 Å².